The molecule has 0 spiro atoms. The van der Waals surface area contributed by atoms with Crippen LogP contribution >= 0.6 is 11.3 Å². The van der Waals surface area contributed by atoms with Gasteiger partial charge in [-0.2, -0.15) is 5.10 Å². The second-order valence-electron chi connectivity index (χ2n) is 5.66. The van der Waals surface area contributed by atoms with Crippen molar-refractivity contribution in [3.63, 3.8) is 0 Å². The highest BCUT2D eigenvalue weighted by Gasteiger charge is 2.14. The second-order valence-corrected chi connectivity index (χ2v) is 6.86. The molecule has 0 bridgehead atoms. The van der Waals surface area contributed by atoms with Crippen LogP contribution in [0.2, 0.25) is 0 Å². The lowest BCUT2D eigenvalue weighted by molar-refractivity contribution is 0.0955. The highest BCUT2D eigenvalue weighted by Crippen LogP contribution is 2.19. The molecule has 0 fully saturated rings. The predicted octanol–water partition coefficient (Wildman–Crippen LogP) is 2.15. The zero-order chi connectivity index (χ0) is 17.8. The number of carbonyl (C=O) groups excluding carboxylic acids is 1. The number of carbonyl (C=O) groups is 1. The van der Waals surface area contributed by atoms with Crippen LogP contribution in [0, 0.1) is 13.8 Å². The molecule has 2 N–H and O–H groups in total. The maximum Gasteiger partial charge on any atom is 0.263 e. The summed E-state index contributed by atoms with van der Waals surface area (Å²) in [4.78, 5) is 25.8. The average Bonchev–Trinajstić information content (AvgIpc) is 3.16. The van der Waals surface area contributed by atoms with E-state index in [4.69, 9.17) is 0 Å². The number of thiazole rings is 1. The van der Waals surface area contributed by atoms with Crippen LogP contribution in [0.25, 0.3) is 11.0 Å². The summed E-state index contributed by atoms with van der Waals surface area (Å²) < 4.78 is 1.78. The van der Waals surface area contributed by atoms with Crippen molar-refractivity contribution >= 4 is 34.1 Å². The monoisotopic (exact) mass is 359 g/mol. The molecule has 0 aliphatic carbocycles. The molecule has 0 atom stereocenters. The van der Waals surface area contributed by atoms with Gasteiger partial charge in [0, 0.05) is 13.1 Å². The van der Waals surface area contributed by atoms with Crippen LogP contribution in [0.1, 0.15) is 33.7 Å². The summed E-state index contributed by atoms with van der Waals surface area (Å²) in [5.74, 6) is 0.692. The van der Waals surface area contributed by atoms with Gasteiger partial charge >= 0.3 is 0 Å². The van der Waals surface area contributed by atoms with Crippen molar-refractivity contribution in [3.8, 4) is 0 Å². The molecule has 0 saturated carbocycles. The first-order valence-electron chi connectivity index (χ1n) is 8.22. The van der Waals surface area contributed by atoms with E-state index in [9.17, 15) is 4.79 Å². The van der Waals surface area contributed by atoms with Crippen molar-refractivity contribution in [1.29, 1.82) is 0 Å². The van der Waals surface area contributed by atoms with Crippen LogP contribution in [-0.2, 0) is 6.54 Å². The van der Waals surface area contributed by atoms with Crippen molar-refractivity contribution in [2.24, 2.45) is 0 Å². The summed E-state index contributed by atoms with van der Waals surface area (Å²) in [5.41, 5.74) is 1.52. The van der Waals surface area contributed by atoms with Crippen LogP contribution in [0.15, 0.2) is 12.5 Å². The molecule has 3 aromatic rings. The van der Waals surface area contributed by atoms with E-state index in [2.05, 4.69) is 37.6 Å². The number of aryl methyl sites for hydroxylation is 2. The van der Waals surface area contributed by atoms with Gasteiger partial charge in [-0.15, -0.1) is 11.3 Å². The lowest BCUT2D eigenvalue weighted by Crippen LogP contribution is -2.27. The fourth-order valence-electron chi connectivity index (χ4n) is 2.54. The lowest BCUT2D eigenvalue weighted by atomic mass is 10.3. The molecular weight excluding hydrogens is 338 g/mol. The average molecular weight is 359 g/mol. The summed E-state index contributed by atoms with van der Waals surface area (Å²) in [6, 6.07) is 0. The van der Waals surface area contributed by atoms with E-state index < -0.39 is 0 Å². The summed E-state index contributed by atoms with van der Waals surface area (Å²) in [5, 5.41) is 12.3. The first-order valence-corrected chi connectivity index (χ1v) is 9.04. The van der Waals surface area contributed by atoms with Crippen LogP contribution < -0.4 is 10.6 Å². The molecular formula is C16H21N7OS. The van der Waals surface area contributed by atoms with Crippen LogP contribution in [0.3, 0.4) is 0 Å². The predicted molar refractivity (Wildman–Crippen MR) is 98.0 cm³/mol. The minimum absolute atomic E-state index is 0.0977. The molecule has 0 aliphatic heterocycles. The minimum atomic E-state index is -0.0977. The molecule has 3 aromatic heterocycles. The number of anilines is 1. The number of aromatic nitrogens is 5. The van der Waals surface area contributed by atoms with E-state index >= 15 is 0 Å². The number of fused-ring (bicyclic) bond motifs is 1. The van der Waals surface area contributed by atoms with Gasteiger partial charge in [-0.05, 0) is 20.3 Å². The number of amides is 1. The normalized spacial score (nSPS) is 11.0. The van der Waals surface area contributed by atoms with Crippen LogP contribution in [0.4, 0.5) is 5.82 Å². The molecule has 132 valence electrons. The Bertz CT molecular complexity index is 886. The topological polar surface area (TPSA) is 97.6 Å². The number of hydrogen-bond acceptors (Lipinski definition) is 7. The Hall–Kier alpha value is -2.55. The van der Waals surface area contributed by atoms with Crippen LogP contribution in [0.5, 0.6) is 0 Å². The maximum atomic E-state index is 12.2. The first kappa shape index (κ1) is 17.3. The van der Waals surface area contributed by atoms with Gasteiger partial charge in [0.2, 0.25) is 0 Å². The van der Waals surface area contributed by atoms with Gasteiger partial charge < -0.3 is 10.6 Å². The number of hydrogen-bond donors (Lipinski definition) is 2. The first-order chi connectivity index (χ1) is 12.1. The smallest absolute Gasteiger partial charge is 0.263 e. The van der Waals surface area contributed by atoms with Crippen LogP contribution in [-0.4, -0.2) is 43.7 Å². The number of nitrogens with zero attached hydrogens (tertiary/aromatic N) is 5. The fourth-order valence-corrected chi connectivity index (χ4v) is 3.37. The van der Waals surface area contributed by atoms with E-state index in [1.54, 1.807) is 10.9 Å². The molecule has 8 nitrogen and oxygen atoms in total. The molecule has 0 aliphatic rings. The quantitative estimate of drug-likeness (QED) is 0.671. The zero-order valence-electron chi connectivity index (χ0n) is 14.5. The van der Waals surface area contributed by atoms with Crippen molar-refractivity contribution in [1.82, 2.24) is 30.0 Å². The van der Waals surface area contributed by atoms with Gasteiger partial charge in [0.1, 0.15) is 17.0 Å². The number of nitrogens with one attached hydrogen (secondary N) is 2. The van der Waals surface area contributed by atoms with Gasteiger partial charge in [0.25, 0.3) is 5.91 Å². The minimum Gasteiger partial charge on any atom is -0.369 e. The second kappa shape index (κ2) is 7.56. The van der Waals surface area contributed by atoms with E-state index in [0.717, 1.165) is 40.5 Å². The van der Waals surface area contributed by atoms with E-state index in [0.29, 0.717) is 18.0 Å². The Labute approximate surface area is 149 Å². The summed E-state index contributed by atoms with van der Waals surface area (Å²) in [6.45, 7) is 7.70. The fraction of sp³-hybridized carbons (Fsp3) is 0.438. The zero-order valence-corrected chi connectivity index (χ0v) is 15.4. The van der Waals surface area contributed by atoms with Crippen molar-refractivity contribution in [3.05, 3.63) is 28.1 Å². The maximum absolute atomic E-state index is 12.2. The molecule has 0 unspecified atom stereocenters. The highest BCUT2D eigenvalue weighted by molar-refractivity contribution is 7.13. The van der Waals surface area contributed by atoms with Gasteiger partial charge in [0.05, 0.1) is 28.8 Å². The molecule has 9 heteroatoms. The van der Waals surface area contributed by atoms with E-state index in [1.165, 1.54) is 17.7 Å². The molecule has 1 amide bonds. The Morgan fingerprint density at radius 1 is 1.28 bits per heavy atom. The SMILES string of the molecule is CCCNc1ncnc2c1cnn2CCNC(=O)c1sc(C)nc1C. The van der Waals surface area contributed by atoms with Crippen molar-refractivity contribution in [2.45, 2.75) is 33.7 Å². The Balaban J connectivity index is 1.65. The molecule has 3 rings (SSSR count). The van der Waals surface area contributed by atoms with E-state index in [1.807, 2.05) is 13.8 Å². The van der Waals surface area contributed by atoms with E-state index in [-0.39, 0.29) is 5.91 Å². The summed E-state index contributed by atoms with van der Waals surface area (Å²) >= 11 is 1.41. The van der Waals surface area contributed by atoms with Crippen molar-refractivity contribution < 1.29 is 4.79 Å². The van der Waals surface area contributed by atoms with Gasteiger partial charge in [0.15, 0.2) is 5.65 Å². The van der Waals surface area contributed by atoms with Gasteiger partial charge in [-0.3, -0.25) is 4.79 Å². The largest absolute Gasteiger partial charge is 0.369 e. The molecule has 0 aromatic carbocycles. The number of rotatable bonds is 7. The molecule has 3 heterocycles. The molecule has 0 saturated heterocycles. The van der Waals surface area contributed by atoms with Crippen molar-refractivity contribution in [2.75, 3.05) is 18.4 Å². The third kappa shape index (κ3) is 3.76. The lowest BCUT2D eigenvalue weighted by Gasteiger charge is -2.07. The molecule has 25 heavy (non-hydrogen) atoms. The Morgan fingerprint density at radius 3 is 2.84 bits per heavy atom. The third-order valence-corrected chi connectivity index (χ3v) is 4.77. The standard InChI is InChI=1S/C16H21N7OS/c1-4-5-17-14-12-8-21-23(15(12)20-9-19-14)7-6-18-16(24)13-10(2)22-11(3)25-13/h8-9H,4-7H2,1-3H3,(H,18,24)(H,17,19,20). The highest BCUT2D eigenvalue weighted by atomic mass is 32.1. The Kier molecular flexibility index (Phi) is 5.22. The van der Waals surface area contributed by atoms with Gasteiger partial charge in [-0.25, -0.2) is 19.6 Å². The Morgan fingerprint density at radius 2 is 2.12 bits per heavy atom. The summed E-state index contributed by atoms with van der Waals surface area (Å²) in [7, 11) is 0. The van der Waals surface area contributed by atoms with Gasteiger partial charge in [-0.1, -0.05) is 6.92 Å². The summed E-state index contributed by atoms with van der Waals surface area (Å²) in [6.07, 6.45) is 4.30. The molecule has 0 radical (unpaired) electrons. The third-order valence-electron chi connectivity index (χ3n) is 3.69.